The Balaban J connectivity index is 4.28. The van der Waals surface area contributed by atoms with Crippen molar-refractivity contribution >= 4 is 5.97 Å². The molecular formula is C7H14O5. The van der Waals surface area contributed by atoms with Crippen molar-refractivity contribution in [3.05, 3.63) is 0 Å². The number of aliphatic carboxylic acids is 1. The first-order valence-corrected chi connectivity index (χ1v) is 3.55. The maximum absolute atomic E-state index is 10.6. The van der Waals surface area contributed by atoms with Crippen LogP contribution in [0.4, 0.5) is 0 Å². The summed E-state index contributed by atoms with van der Waals surface area (Å²) in [5.41, 5.74) is 0. The molecule has 12 heavy (non-hydrogen) atoms. The Hall–Kier alpha value is -0.650. The first-order valence-electron chi connectivity index (χ1n) is 3.55. The van der Waals surface area contributed by atoms with Crippen molar-refractivity contribution in [2.45, 2.75) is 32.7 Å². The molecule has 0 radical (unpaired) electrons. The molecule has 0 fully saturated rings. The number of carbonyl (C=O) groups is 1. The third-order valence-corrected chi connectivity index (χ3v) is 1.09. The zero-order chi connectivity index (χ0) is 9.78. The smallest absolute Gasteiger partial charge is 0.367 e. The van der Waals surface area contributed by atoms with Gasteiger partial charge in [0.1, 0.15) is 0 Å². The van der Waals surface area contributed by atoms with Crippen LogP contribution in [0.1, 0.15) is 20.8 Å². The fraction of sp³-hybridized carbons (Fsp3) is 0.857. The lowest BCUT2D eigenvalue weighted by atomic mass is 10.3. The van der Waals surface area contributed by atoms with E-state index < -0.39 is 11.8 Å². The van der Waals surface area contributed by atoms with Gasteiger partial charge < -0.3 is 9.84 Å². The number of hydrogen-bond acceptors (Lipinski definition) is 4. The summed E-state index contributed by atoms with van der Waals surface area (Å²) in [4.78, 5) is 19.4. The van der Waals surface area contributed by atoms with Gasteiger partial charge in [0.05, 0.1) is 13.2 Å². The van der Waals surface area contributed by atoms with Gasteiger partial charge in [-0.2, -0.15) is 4.89 Å². The molecule has 1 unspecified atom stereocenters. The molecule has 0 bridgehead atoms. The molecule has 5 nitrogen and oxygen atoms in total. The van der Waals surface area contributed by atoms with E-state index in [1.807, 2.05) is 0 Å². The zero-order valence-electron chi connectivity index (χ0n) is 7.66. The Morgan fingerprint density at radius 1 is 1.50 bits per heavy atom. The predicted octanol–water partition coefficient (Wildman–Crippen LogP) is 0.790. The highest BCUT2D eigenvalue weighted by atomic mass is 17.2. The minimum Gasteiger partial charge on any atom is -0.477 e. The Labute approximate surface area is 71.2 Å². The van der Waals surface area contributed by atoms with E-state index in [-0.39, 0.29) is 6.10 Å². The van der Waals surface area contributed by atoms with E-state index in [0.717, 1.165) is 0 Å². The van der Waals surface area contributed by atoms with Crippen molar-refractivity contribution in [2.75, 3.05) is 7.11 Å². The molecule has 5 heteroatoms. The fourth-order valence-corrected chi connectivity index (χ4v) is 0.714. The number of carboxylic acids is 1. The highest BCUT2D eigenvalue weighted by molar-refractivity contribution is 5.74. The summed E-state index contributed by atoms with van der Waals surface area (Å²) in [5.74, 6) is -2.96. The molecule has 0 heterocycles. The monoisotopic (exact) mass is 178 g/mol. The topological polar surface area (TPSA) is 65.0 Å². The number of ether oxygens (including phenoxy) is 1. The largest absolute Gasteiger partial charge is 0.477 e. The fourth-order valence-electron chi connectivity index (χ4n) is 0.714. The van der Waals surface area contributed by atoms with Crippen molar-refractivity contribution in [3.63, 3.8) is 0 Å². The average molecular weight is 178 g/mol. The van der Waals surface area contributed by atoms with Crippen LogP contribution in [-0.2, 0) is 19.3 Å². The first kappa shape index (κ1) is 11.4. The van der Waals surface area contributed by atoms with Gasteiger partial charge in [-0.05, 0) is 13.8 Å². The van der Waals surface area contributed by atoms with Crippen LogP contribution in [0, 0.1) is 0 Å². The van der Waals surface area contributed by atoms with E-state index in [0.29, 0.717) is 0 Å². The van der Waals surface area contributed by atoms with E-state index in [9.17, 15) is 4.79 Å². The molecule has 0 saturated carbocycles. The summed E-state index contributed by atoms with van der Waals surface area (Å²) in [7, 11) is 1.23. The van der Waals surface area contributed by atoms with Crippen LogP contribution in [0.25, 0.3) is 0 Å². The van der Waals surface area contributed by atoms with Crippen LogP contribution in [0.3, 0.4) is 0 Å². The van der Waals surface area contributed by atoms with Gasteiger partial charge in [0.15, 0.2) is 0 Å². The van der Waals surface area contributed by atoms with E-state index in [4.69, 9.17) is 9.84 Å². The molecule has 0 amide bonds. The van der Waals surface area contributed by atoms with Crippen LogP contribution in [-0.4, -0.2) is 30.1 Å². The van der Waals surface area contributed by atoms with Gasteiger partial charge in [-0.15, -0.1) is 0 Å². The van der Waals surface area contributed by atoms with Gasteiger partial charge >= 0.3 is 5.97 Å². The maximum atomic E-state index is 10.6. The quantitative estimate of drug-likeness (QED) is 0.383. The molecule has 0 aromatic rings. The lowest BCUT2D eigenvalue weighted by Gasteiger charge is -2.24. The van der Waals surface area contributed by atoms with E-state index in [2.05, 4.69) is 9.78 Å². The summed E-state index contributed by atoms with van der Waals surface area (Å²) in [5, 5.41) is 8.68. The molecule has 0 saturated heterocycles. The molecule has 0 aliphatic carbocycles. The summed E-state index contributed by atoms with van der Waals surface area (Å²) in [6, 6.07) is 0. The standard InChI is InChI=1S/C7H14O5/c1-5(2)11-7(3,6(8)9)12-10-4/h5H,1-4H3,(H,8,9). The van der Waals surface area contributed by atoms with Crippen molar-refractivity contribution in [1.82, 2.24) is 0 Å². The van der Waals surface area contributed by atoms with Gasteiger partial charge in [-0.25, -0.2) is 9.68 Å². The summed E-state index contributed by atoms with van der Waals surface area (Å²) >= 11 is 0. The summed E-state index contributed by atoms with van der Waals surface area (Å²) in [6.45, 7) is 4.69. The minimum absolute atomic E-state index is 0.249. The van der Waals surface area contributed by atoms with Crippen LogP contribution >= 0.6 is 0 Å². The Bertz CT molecular complexity index is 156. The van der Waals surface area contributed by atoms with E-state index >= 15 is 0 Å². The Morgan fingerprint density at radius 2 is 2.00 bits per heavy atom. The molecule has 72 valence electrons. The summed E-state index contributed by atoms with van der Waals surface area (Å²) < 4.78 is 4.99. The van der Waals surface area contributed by atoms with Gasteiger partial charge in [0.2, 0.25) is 0 Å². The van der Waals surface area contributed by atoms with Gasteiger partial charge in [-0.3, -0.25) is 0 Å². The van der Waals surface area contributed by atoms with Crippen molar-refractivity contribution in [3.8, 4) is 0 Å². The van der Waals surface area contributed by atoms with Crippen molar-refractivity contribution < 1.29 is 24.4 Å². The second-order valence-electron chi connectivity index (χ2n) is 2.67. The predicted molar refractivity (Wildman–Crippen MR) is 40.4 cm³/mol. The van der Waals surface area contributed by atoms with E-state index in [1.165, 1.54) is 14.0 Å². The average Bonchev–Trinajstić information content (AvgIpc) is 1.85. The number of carboxylic acid groups (broad SMARTS) is 1. The molecule has 0 aliphatic heterocycles. The molecule has 0 spiro atoms. The summed E-state index contributed by atoms with van der Waals surface area (Å²) in [6.07, 6.45) is -0.249. The SMILES string of the molecule is COOC(C)(OC(C)C)C(=O)O. The molecule has 1 N–H and O–H groups in total. The zero-order valence-corrected chi connectivity index (χ0v) is 7.66. The van der Waals surface area contributed by atoms with Gasteiger partial charge in [0.25, 0.3) is 5.79 Å². The third-order valence-electron chi connectivity index (χ3n) is 1.09. The van der Waals surface area contributed by atoms with Crippen LogP contribution in [0.5, 0.6) is 0 Å². The van der Waals surface area contributed by atoms with Crippen molar-refractivity contribution in [2.24, 2.45) is 0 Å². The van der Waals surface area contributed by atoms with Gasteiger partial charge in [0, 0.05) is 6.92 Å². The lowest BCUT2D eigenvalue weighted by Crippen LogP contribution is -2.42. The Morgan fingerprint density at radius 3 is 2.25 bits per heavy atom. The molecule has 0 rings (SSSR count). The van der Waals surface area contributed by atoms with Crippen LogP contribution < -0.4 is 0 Å². The van der Waals surface area contributed by atoms with Crippen LogP contribution in [0.15, 0.2) is 0 Å². The van der Waals surface area contributed by atoms with Gasteiger partial charge in [-0.1, -0.05) is 0 Å². The Kier molecular flexibility index (Phi) is 4.16. The maximum Gasteiger partial charge on any atom is 0.367 e. The number of hydrogen-bond donors (Lipinski definition) is 1. The molecule has 0 aliphatic rings. The second-order valence-corrected chi connectivity index (χ2v) is 2.67. The van der Waals surface area contributed by atoms with Crippen molar-refractivity contribution in [1.29, 1.82) is 0 Å². The molecule has 1 atom stereocenters. The third kappa shape index (κ3) is 3.17. The first-order chi connectivity index (χ1) is 5.42. The molecular weight excluding hydrogens is 164 g/mol. The lowest BCUT2D eigenvalue weighted by molar-refractivity contribution is -0.404. The second kappa shape index (κ2) is 4.39. The van der Waals surface area contributed by atoms with E-state index in [1.54, 1.807) is 13.8 Å². The van der Waals surface area contributed by atoms with Crippen LogP contribution in [0.2, 0.25) is 0 Å². The molecule has 0 aromatic heterocycles. The highest BCUT2D eigenvalue weighted by Crippen LogP contribution is 2.15. The minimum atomic E-state index is -1.73. The normalized spacial score (nSPS) is 16.1. The molecule has 0 aromatic carbocycles. The number of rotatable bonds is 5. The highest BCUT2D eigenvalue weighted by Gasteiger charge is 2.38.